The Morgan fingerprint density at radius 3 is 3.19 bits per heavy atom. The van der Waals surface area contributed by atoms with Crippen LogP contribution in [0.15, 0.2) is 29.7 Å². The summed E-state index contributed by atoms with van der Waals surface area (Å²) in [6, 6.07) is 6.06. The van der Waals surface area contributed by atoms with Crippen molar-refractivity contribution in [2.75, 3.05) is 18.8 Å². The van der Waals surface area contributed by atoms with Crippen LogP contribution in [0.25, 0.3) is 11.0 Å². The minimum atomic E-state index is -0.0390. The quantitative estimate of drug-likeness (QED) is 0.473. The summed E-state index contributed by atoms with van der Waals surface area (Å²) in [6.07, 6.45) is 3.39. The Morgan fingerprint density at radius 1 is 1.46 bits per heavy atom. The minimum Gasteiger partial charge on any atom is -0.340 e. The van der Waals surface area contributed by atoms with Crippen LogP contribution in [0.1, 0.15) is 30.3 Å². The van der Waals surface area contributed by atoms with Crippen LogP contribution in [0.2, 0.25) is 0 Å². The van der Waals surface area contributed by atoms with Gasteiger partial charge < -0.3 is 15.2 Å². The summed E-state index contributed by atoms with van der Waals surface area (Å²) >= 11 is 1.53. The van der Waals surface area contributed by atoms with E-state index in [0.29, 0.717) is 6.54 Å². The molecule has 9 heteroatoms. The number of hydrogen-bond acceptors (Lipinski definition) is 5. The lowest BCUT2D eigenvalue weighted by Crippen LogP contribution is -2.40. The van der Waals surface area contributed by atoms with Gasteiger partial charge >= 0.3 is 6.03 Å². The fourth-order valence-corrected chi connectivity index (χ4v) is 3.95. The zero-order valence-corrected chi connectivity index (χ0v) is 15.3. The van der Waals surface area contributed by atoms with Gasteiger partial charge in [0.2, 0.25) is 0 Å². The highest BCUT2D eigenvalue weighted by Crippen LogP contribution is 2.31. The number of hydrogen-bond donors (Lipinski definition) is 3. The van der Waals surface area contributed by atoms with E-state index in [1.54, 1.807) is 0 Å². The SMILES string of the molecule is Cc1cccc2[nH]c([C@@H]3CCCN3C(=O)NCCSc3ncn[nH]3)nc12. The normalized spacial score (nSPS) is 17.1. The van der Waals surface area contributed by atoms with Crippen LogP contribution in [0.3, 0.4) is 0 Å². The number of fused-ring (bicyclic) bond motifs is 1. The van der Waals surface area contributed by atoms with E-state index in [9.17, 15) is 4.79 Å². The molecule has 2 amide bonds. The number of carbonyl (C=O) groups excluding carboxylic acids is 1. The van der Waals surface area contributed by atoms with Crippen LogP contribution < -0.4 is 5.32 Å². The smallest absolute Gasteiger partial charge is 0.318 e. The molecule has 0 spiro atoms. The largest absolute Gasteiger partial charge is 0.340 e. The highest BCUT2D eigenvalue weighted by atomic mass is 32.2. The summed E-state index contributed by atoms with van der Waals surface area (Å²) in [6.45, 7) is 3.38. The first-order chi connectivity index (χ1) is 12.7. The molecule has 0 saturated carbocycles. The van der Waals surface area contributed by atoms with E-state index in [0.717, 1.165) is 52.7 Å². The summed E-state index contributed by atoms with van der Waals surface area (Å²) in [5, 5.41) is 10.4. The Balaban J connectivity index is 1.39. The number of rotatable bonds is 5. The van der Waals surface area contributed by atoms with Crippen LogP contribution in [0.4, 0.5) is 4.79 Å². The Hall–Kier alpha value is -2.55. The molecule has 1 atom stereocenters. The van der Waals surface area contributed by atoms with Gasteiger partial charge in [0.1, 0.15) is 12.2 Å². The van der Waals surface area contributed by atoms with Crippen LogP contribution in [0.5, 0.6) is 0 Å². The number of carbonyl (C=O) groups is 1. The van der Waals surface area contributed by atoms with Gasteiger partial charge in [0, 0.05) is 18.8 Å². The van der Waals surface area contributed by atoms with E-state index in [1.807, 2.05) is 17.0 Å². The lowest BCUT2D eigenvalue weighted by molar-refractivity contribution is 0.192. The number of amides is 2. The molecule has 2 aromatic heterocycles. The molecule has 8 nitrogen and oxygen atoms in total. The maximum atomic E-state index is 12.6. The monoisotopic (exact) mass is 371 g/mol. The van der Waals surface area contributed by atoms with Crippen molar-refractivity contribution in [1.29, 1.82) is 0 Å². The standard InChI is InChI=1S/C17H21N7OS/c1-11-4-2-5-12-14(11)22-15(21-12)13-6-3-8-24(13)17(25)18-7-9-26-16-19-10-20-23-16/h2,4-5,10,13H,3,6-9H2,1H3,(H,18,25)(H,21,22)(H,19,20,23)/t13-/m0/s1. The number of likely N-dealkylation sites (tertiary alicyclic amines) is 1. The Labute approximate surface area is 155 Å². The predicted octanol–water partition coefficient (Wildman–Crippen LogP) is 2.63. The van der Waals surface area contributed by atoms with E-state index in [-0.39, 0.29) is 12.1 Å². The lowest BCUT2D eigenvalue weighted by Gasteiger charge is -2.23. The molecule has 136 valence electrons. The van der Waals surface area contributed by atoms with Gasteiger partial charge in [0.05, 0.1) is 17.1 Å². The van der Waals surface area contributed by atoms with Gasteiger partial charge in [-0.05, 0) is 31.4 Å². The summed E-state index contributed by atoms with van der Waals surface area (Å²) in [7, 11) is 0. The van der Waals surface area contributed by atoms with E-state index in [4.69, 9.17) is 4.98 Å². The van der Waals surface area contributed by atoms with Crippen LogP contribution in [0, 0.1) is 6.92 Å². The topological polar surface area (TPSA) is 103 Å². The molecule has 1 aliphatic heterocycles. The predicted molar refractivity (Wildman–Crippen MR) is 100 cm³/mol. The molecule has 0 unspecified atom stereocenters. The first-order valence-electron chi connectivity index (χ1n) is 8.70. The van der Waals surface area contributed by atoms with Crippen molar-refractivity contribution < 1.29 is 4.79 Å². The zero-order chi connectivity index (χ0) is 17.9. The second kappa shape index (κ2) is 7.36. The van der Waals surface area contributed by atoms with Crippen molar-refractivity contribution in [3.63, 3.8) is 0 Å². The number of nitrogens with one attached hydrogen (secondary N) is 3. The number of aromatic amines is 2. The van der Waals surface area contributed by atoms with E-state index in [2.05, 4.69) is 38.5 Å². The lowest BCUT2D eigenvalue weighted by atomic mass is 10.2. The molecule has 3 heterocycles. The van der Waals surface area contributed by atoms with E-state index >= 15 is 0 Å². The highest BCUT2D eigenvalue weighted by molar-refractivity contribution is 7.99. The number of para-hydroxylation sites is 1. The second-order valence-electron chi connectivity index (χ2n) is 6.32. The summed E-state index contributed by atoms with van der Waals surface area (Å²) in [5.41, 5.74) is 3.15. The van der Waals surface area contributed by atoms with Crippen molar-refractivity contribution in [3.8, 4) is 0 Å². The molecule has 0 radical (unpaired) electrons. The minimum absolute atomic E-state index is 0.00345. The molecule has 1 aliphatic rings. The average molecular weight is 371 g/mol. The number of urea groups is 1. The molecule has 0 aliphatic carbocycles. The third-order valence-corrected chi connectivity index (χ3v) is 5.45. The number of thioether (sulfide) groups is 1. The van der Waals surface area contributed by atoms with Gasteiger partial charge in [0.25, 0.3) is 0 Å². The highest BCUT2D eigenvalue weighted by Gasteiger charge is 2.32. The van der Waals surface area contributed by atoms with Crippen LogP contribution >= 0.6 is 11.8 Å². The summed E-state index contributed by atoms with van der Waals surface area (Å²) in [4.78, 5) is 26.7. The van der Waals surface area contributed by atoms with E-state index < -0.39 is 0 Å². The Kier molecular flexibility index (Phi) is 4.79. The Bertz CT molecular complexity index is 892. The van der Waals surface area contributed by atoms with Crippen molar-refractivity contribution in [2.45, 2.75) is 31.0 Å². The molecule has 4 rings (SSSR count). The molecule has 26 heavy (non-hydrogen) atoms. The van der Waals surface area contributed by atoms with Gasteiger partial charge in [-0.2, -0.15) is 5.10 Å². The third-order valence-electron chi connectivity index (χ3n) is 4.57. The van der Waals surface area contributed by atoms with Crippen molar-refractivity contribution in [1.82, 2.24) is 35.4 Å². The van der Waals surface area contributed by atoms with Gasteiger partial charge in [-0.3, -0.25) is 5.10 Å². The summed E-state index contributed by atoms with van der Waals surface area (Å²) in [5.74, 6) is 1.61. The molecule has 0 bridgehead atoms. The van der Waals surface area contributed by atoms with Gasteiger partial charge in [-0.25, -0.2) is 14.8 Å². The molecule has 1 saturated heterocycles. The maximum absolute atomic E-state index is 12.6. The fourth-order valence-electron chi connectivity index (χ4n) is 3.32. The molecule has 3 N–H and O–H groups in total. The molecule has 1 aromatic carbocycles. The average Bonchev–Trinajstić information content (AvgIpc) is 3.38. The third kappa shape index (κ3) is 3.39. The first kappa shape index (κ1) is 16.9. The van der Waals surface area contributed by atoms with Crippen LogP contribution in [-0.4, -0.2) is 54.9 Å². The number of benzene rings is 1. The molecule has 3 aromatic rings. The summed E-state index contributed by atoms with van der Waals surface area (Å²) < 4.78 is 0. The number of aromatic nitrogens is 5. The van der Waals surface area contributed by atoms with Gasteiger partial charge in [-0.1, -0.05) is 23.9 Å². The first-order valence-corrected chi connectivity index (χ1v) is 9.69. The maximum Gasteiger partial charge on any atom is 0.318 e. The van der Waals surface area contributed by atoms with Crippen molar-refractivity contribution >= 4 is 28.8 Å². The fraction of sp³-hybridized carbons (Fsp3) is 0.412. The van der Waals surface area contributed by atoms with E-state index in [1.165, 1.54) is 18.1 Å². The number of H-pyrrole nitrogens is 2. The number of imidazole rings is 1. The number of aryl methyl sites for hydroxylation is 1. The molecular weight excluding hydrogens is 350 g/mol. The van der Waals surface area contributed by atoms with Crippen molar-refractivity contribution in [2.24, 2.45) is 0 Å². The second-order valence-corrected chi connectivity index (χ2v) is 7.40. The van der Waals surface area contributed by atoms with Crippen molar-refractivity contribution in [3.05, 3.63) is 35.9 Å². The molecule has 1 fully saturated rings. The zero-order valence-electron chi connectivity index (χ0n) is 14.5. The van der Waals surface area contributed by atoms with Gasteiger partial charge in [-0.15, -0.1) is 0 Å². The Morgan fingerprint density at radius 2 is 2.38 bits per heavy atom. The molecular formula is C17H21N7OS. The number of nitrogens with zero attached hydrogens (tertiary/aromatic N) is 4. The van der Waals surface area contributed by atoms with Crippen LogP contribution in [-0.2, 0) is 0 Å². The van der Waals surface area contributed by atoms with Gasteiger partial charge in [0.15, 0.2) is 5.16 Å².